The highest BCUT2D eigenvalue weighted by Crippen LogP contribution is 2.19. The summed E-state index contributed by atoms with van der Waals surface area (Å²) < 4.78 is 7.42. The Morgan fingerprint density at radius 2 is 2.06 bits per heavy atom. The fourth-order valence-corrected chi connectivity index (χ4v) is 2.60. The summed E-state index contributed by atoms with van der Waals surface area (Å²) in [6.45, 7) is 5.11. The number of pyridine rings is 1. The van der Waals surface area contributed by atoms with Crippen molar-refractivity contribution in [1.29, 1.82) is 0 Å². The minimum Gasteiger partial charge on any atom is -0.444 e. The highest BCUT2D eigenvalue weighted by Gasteiger charge is 2.06. The Morgan fingerprint density at radius 1 is 1.28 bits per heavy atom. The lowest BCUT2D eigenvalue weighted by Gasteiger charge is -2.04. The van der Waals surface area contributed by atoms with Crippen molar-refractivity contribution in [3.05, 3.63) is 44.2 Å². The molecule has 2 aromatic rings. The highest BCUT2D eigenvalue weighted by atomic mass is 79.9. The van der Waals surface area contributed by atoms with Gasteiger partial charge in [0.15, 0.2) is 0 Å². The Morgan fingerprint density at radius 3 is 2.67 bits per heavy atom. The van der Waals surface area contributed by atoms with Gasteiger partial charge in [-0.15, -0.1) is 0 Å². The minimum atomic E-state index is 0.596. The predicted octanol–water partition coefficient (Wildman–Crippen LogP) is 3.50. The molecule has 0 saturated carbocycles. The summed E-state index contributed by atoms with van der Waals surface area (Å²) in [7, 11) is 0. The van der Waals surface area contributed by atoms with E-state index in [0.717, 1.165) is 26.1 Å². The van der Waals surface area contributed by atoms with Crippen LogP contribution in [0.5, 0.6) is 0 Å². The first kappa shape index (κ1) is 13.7. The van der Waals surface area contributed by atoms with E-state index >= 15 is 0 Å². The van der Waals surface area contributed by atoms with E-state index in [1.54, 1.807) is 6.20 Å². The molecule has 2 rings (SSSR count). The van der Waals surface area contributed by atoms with Gasteiger partial charge in [0.25, 0.3) is 0 Å². The molecule has 1 N–H and O–H groups in total. The van der Waals surface area contributed by atoms with E-state index in [4.69, 9.17) is 4.42 Å². The molecule has 6 heteroatoms. The average Bonchev–Trinajstić information content (AvgIpc) is 2.61. The van der Waals surface area contributed by atoms with E-state index in [0.29, 0.717) is 19.0 Å². The Labute approximate surface area is 122 Å². The maximum Gasteiger partial charge on any atom is 0.208 e. The molecule has 0 bridgehead atoms. The SMILES string of the molecule is Cc1nc(CNCc2ncc(Br)cc2Br)oc1C. The first-order valence-corrected chi connectivity index (χ1v) is 7.08. The van der Waals surface area contributed by atoms with Gasteiger partial charge >= 0.3 is 0 Å². The van der Waals surface area contributed by atoms with Gasteiger partial charge in [0.1, 0.15) is 5.76 Å². The first-order valence-electron chi connectivity index (χ1n) is 5.50. The quantitative estimate of drug-likeness (QED) is 0.889. The highest BCUT2D eigenvalue weighted by molar-refractivity contribution is 9.11. The van der Waals surface area contributed by atoms with E-state index in [2.05, 4.69) is 47.1 Å². The largest absolute Gasteiger partial charge is 0.444 e. The van der Waals surface area contributed by atoms with E-state index in [-0.39, 0.29) is 0 Å². The lowest BCUT2D eigenvalue weighted by Crippen LogP contribution is -2.14. The van der Waals surface area contributed by atoms with Crippen LogP contribution in [0.1, 0.15) is 23.0 Å². The van der Waals surface area contributed by atoms with Gasteiger partial charge in [-0.1, -0.05) is 0 Å². The fourth-order valence-electron chi connectivity index (χ4n) is 1.48. The van der Waals surface area contributed by atoms with Gasteiger partial charge in [-0.3, -0.25) is 4.98 Å². The van der Waals surface area contributed by atoms with Crippen LogP contribution in [0, 0.1) is 13.8 Å². The molecular formula is C12H13Br2N3O. The lowest BCUT2D eigenvalue weighted by molar-refractivity contribution is 0.447. The Hall–Kier alpha value is -0.720. The molecule has 0 amide bonds. The van der Waals surface area contributed by atoms with E-state index in [1.807, 2.05) is 19.9 Å². The number of nitrogens with one attached hydrogen (secondary N) is 1. The van der Waals surface area contributed by atoms with Crippen molar-refractivity contribution in [1.82, 2.24) is 15.3 Å². The molecule has 0 fully saturated rings. The number of aryl methyl sites for hydroxylation is 2. The van der Waals surface area contributed by atoms with Crippen molar-refractivity contribution < 1.29 is 4.42 Å². The van der Waals surface area contributed by atoms with Crippen LogP contribution in [-0.2, 0) is 13.1 Å². The van der Waals surface area contributed by atoms with Crippen molar-refractivity contribution in [2.75, 3.05) is 0 Å². The summed E-state index contributed by atoms with van der Waals surface area (Å²) in [5.41, 5.74) is 1.90. The van der Waals surface area contributed by atoms with Gasteiger partial charge in [-0.25, -0.2) is 4.98 Å². The normalized spacial score (nSPS) is 10.9. The molecule has 0 saturated heterocycles. The van der Waals surface area contributed by atoms with Crippen LogP contribution in [0.25, 0.3) is 0 Å². The van der Waals surface area contributed by atoms with Crippen LogP contribution >= 0.6 is 31.9 Å². The summed E-state index contributed by atoms with van der Waals surface area (Å²) in [5, 5.41) is 3.25. The number of aromatic nitrogens is 2. The second kappa shape index (κ2) is 5.95. The third kappa shape index (κ3) is 3.40. The number of nitrogens with zero attached hydrogens (tertiary/aromatic N) is 2. The van der Waals surface area contributed by atoms with Crippen LogP contribution in [0.3, 0.4) is 0 Å². The molecule has 0 aliphatic carbocycles. The summed E-state index contributed by atoms with van der Waals surface area (Å²) in [6.07, 6.45) is 1.78. The van der Waals surface area contributed by atoms with E-state index in [9.17, 15) is 0 Å². The summed E-state index contributed by atoms with van der Waals surface area (Å²) in [5.74, 6) is 1.58. The zero-order valence-electron chi connectivity index (χ0n) is 10.1. The number of hydrogen-bond acceptors (Lipinski definition) is 4. The second-order valence-corrected chi connectivity index (χ2v) is 5.70. The molecule has 96 valence electrons. The Balaban J connectivity index is 1.92. The molecule has 0 aliphatic rings. The van der Waals surface area contributed by atoms with Crippen LogP contribution in [-0.4, -0.2) is 9.97 Å². The van der Waals surface area contributed by atoms with Crippen LogP contribution in [0.15, 0.2) is 25.6 Å². The molecule has 0 atom stereocenters. The van der Waals surface area contributed by atoms with Gasteiger partial charge in [-0.2, -0.15) is 0 Å². The smallest absolute Gasteiger partial charge is 0.208 e. The predicted molar refractivity (Wildman–Crippen MR) is 76.2 cm³/mol. The maximum atomic E-state index is 5.49. The Bertz CT molecular complexity index is 535. The van der Waals surface area contributed by atoms with Gasteiger partial charge in [0.05, 0.1) is 17.9 Å². The fraction of sp³-hybridized carbons (Fsp3) is 0.333. The Kier molecular flexibility index (Phi) is 4.53. The van der Waals surface area contributed by atoms with Crippen LogP contribution < -0.4 is 5.32 Å². The molecule has 0 aromatic carbocycles. The zero-order chi connectivity index (χ0) is 13.1. The van der Waals surface area contributed by atoms with E-state index < -0.39 is 0 Å². The molecule has 2 heterocycles. The minimum absolute atomic E-state index is 0.596. The number of halogens is 2. The summed E-state index contributed by atoms with van der Waals surface area (Å²) in [6, 6.07) is 1.98. The molecule has 0 aliphatic heterocycles. The molecule has 0 radical (unpaired) electrons. The van der Waals surface area contributed by atoms with Crippen molar-refractivity contribution in [3.8, 4) is 0 Å². The third-order valence-corrected chi connectivity index (χ3v) is 3.65. The van der Waals surface area contributed by atoms with E-state index in [1.165, 1.54) is 0 Å². The van der Waals surface area contributed by atoms with Gasteiger partial charge < -0.3 is 9.73 Å². The molecular weight excluding hydrogens is 362 g/mol. The third-order valence-electron chi connectivity index (χ3n) is 2.53. The average molecular weight is 375 g/mol. The topological polar surface area (TPSA) is 51.0 Å². The summed E-state index contributed by atoms with van der Waals surface area (Å²) in [4.78, 5) is 8.63. The monoisotopic (exact) mass is 373 g/mol. The van der Waals surface area contributed by atoms with Crippen molar-refractivity contribution in [2.45, 2.75) is 26.9 Å². The molecule has 0 spiro atoms. The summed E-state index contributed by atoms with van der Waals surface area (Å²) >= 11 is 6.85. The van der Waals surface area contributed by atoms with Crippen molar-refractivity contribution in [3.63, 3.8) is 0 Å². The maximum absolute atomic E-state index is 5.49. The van der Waals surface area contributed by atoms with Crippen molar-refractivity contribution >= 4 is 31.9 Å². The standard InChI is InChI=1S/C12H13Br2N3O/c1-7-8(2)18-12(17-7)6-15-5-11-10(14)3-9(13)4-16-11/h3-4,15H,5-6H2,1-2H3. The number of rotatable bonds is 4. The van der Waals surface area contributed by atoms with Gasteiger partial charge in [-0.05, 0) is 51.8 Å². The van der Waals surface area contributed by atoms with Gasteiger partial charge in [0, 0.05) is 21.7 Å². The number of oxazole rings is 1. The molecule has 2 aromatic heterocycles. The molecule has 18 heavy (non-hydrogen) atoms. The second-order valence-electron chi connectivity index (χ2n) is 3.93. The van der Waals surface area contributed by atoms with Crippen LogP contribution in [0.4, 0.5) is 0 Å². The van der Waals surface area contributed by atoms with Crippen molar-refractivity contribution in [2.24, 2.45) is 0 Å². The molecule has 0 unspecified atom stereocenters. The number of hydrogen-bond donors (Lipinski definition) is 1. The lowest BCUT2D eigenvalue weighted by atomic mass is 10.3. The van der Waals surface area contributed by atoms with Gasteiger partial charge in [0.2, 0.25) is 5.89 Å². The molecule has 4 nitrogen and oxygen atoms in total. The zero-order valence-corrected chi connectivity index (χ0v) is 13.3. The first-order chi connectivity index (χ1) is 8.56. The van der Waals surface area contributed by atoms with Crippen LogP contribution in [0.2, 0.25) is 0 Å².